The lowest BCUT2D eigenvalue weighted by Crippen LogP contribution is -2.14. The first-order valence-electron chi connectivity index (χ1n) is 5.99. The van der Waals surface area contributed by atoms with Gasteiger partial charge in [-0.05, 0) is 57.4 Å². The van der Waals surface area contributed by atoms with Crippen LogP contribution in [0.25, 0.3) is 0 Å². The summed E-state index contributed by atoms with van der Waals surface area (Å²) in [5, 5.41) is 8.89. The molecule has 3 nitrogen and oxygen atoms in total. The van der Waals surface area contributed by atoms with Crippen LogP contribution in [0.4, 0.5) is 11.4 Å². The number of halogens is 1. The molecule has 1 aliphatic heterocycles. The van der Waals surface area contributed by atoms with Gasteiger partial charge in [0.25, 0.3) is 0 Å². The van der Waals surface area contributed by atoms with E-state index in [1.807, 2.05) is 30.3 Å². The number of nitrogens with zero attached hydrogens (tertiary/aromatic N) is 2. The Morgan fingerprint density at radius 1 is 1.11 bits per heavy atom. The molecule has 19 heavy (non-hydrogen) atoms. The monoisotopic (exact) mass is 313 g/mol. The minimum absolute atomic E-state index is 0.664. The van der Waals surface area contributed by atoms with E-state index in [-0.39, 0.29) is 0 Å². The standard InChI is InChI=1S/C15H12BrN3/c16-14-5-10(7-17)1-4-15(14)19-8-11-2-3-13(18)6-12(11)9-19/h1-6H,8-9,18H2. The Morgan fingerprint density at radius 2 is 1.89 bits per heavy atom. The van der Waals surface area contributed by atoms with Crippen molar-refractivity contribution in [3.8, 4) is 6.07 Å². The van der Waals surface area contributed by atoms with E-state index in [1.54, 1.807) is 0 Å². The van der Waals surface area contributed by atoms with Gasteiger partial charge in [0.1, 0.15) is 0 Å². The van der Waals surface area contributed by atoms with Gasteiger partial charge in [-0.15, -0.1) is 0 Å². The lowest BCUT2D eigenvalue weighted by atomic mass is 10.1. The topological polar surface area (TPSA) is 53.0 Å². The first kappa shape index (κ1) is 12.1. The fraction of sp³-hybridized carbons (Fsp3) is 0.133. The quantitative estimate of drug-likeness (QED) is 0.821. The molecule has 2 aromatic carbocycles. The van der Waals surface area contributed by atoms with Gasteiger partial charge >= 0.3 is 0 Å². The zero-order valence-corrected chi connectivity index (χ0v) is 11.8. The van der Waals surface area contributed by atoms with Crippen LogP contribution in [0.15, 0.2) is 40.9 Å². The van der Waals surface area contributed by atoms with E-state index in [0.29, 0.717) is 5.56 Å². The Bertz CT molecular complexity index is 688. The number of rotatable bonds is 1. The number of benzene rings is 2. The molecule has 2 aromatic rings. The van der Waals surface area contributed by atoms with Crippen LogP contribution in [0.3, 0.4) is 0 Å². The molecule has 0 spiro atoms. The zero-order chi connectivity index (χ0) is 13.4. The maximum absolute atomic E-state index is 8.89. The van der Waals surface area contributed by atoms with Gasteiger partial charge in [0.2, 0.25) is 0 Å². The molecule has 0 radical (unpaired) electrons. The highest BCUT2D eigenvalue weighted by molar-refractivity contribution is 9.10. The summed E-state index contributed by atoms with van der Waals surface area (Å²) in [4.78, 5) is 2.27. The molecule has 0 saturated carbocycles. The summed E-state index contributed by atoms with van der Waals surface area (Å²) in [6, 6.07) is 13.9. The molecule has 1 heterocycles. The number of hydrogen-bond donors (Lipinski definition) is 1. The van der Waals surface area contributed by atoms with Crippen molar-refractivity contribution in [3.63, 3.8) is 0 Å². The second kappa shape index (κ2) is 4.60. The van der Waals surface area contributed by atoms with Crippen molar-refractivity contribution in [2.75, 3.05) is 10.6 Å². The lowest BCUT2D eigenvalue weighted by Gasteiger charge is -2.19. The van der Waals surface area contributed by atoms with Gasteiger partial charge in [0.15, 0.2) is 0 Å². The summed E-state index contributed by atoms with van der Waals surface area (Å²) in [6.07, 6.45) is 0. The third-order valence-electron chi connectivity index (χ3n) is 3.37. The van der Waals surface area contributed by atoms with Gasteiger partial charge in [-0.3, -0.25) is 0 Å². The van der Waals surface area contributed by atoms with Gasteiger partial charge in [-0.2, -0.15) is 5.26 Å². The molecule has 2 N–H and O–H groups in total. The lowest BCUT2D eigenvalue weighted by molar-refractivity contribution is 0.877. The molecular weight excluding hydrogens is 302 g/mol. The SMILES string of the molecule is N#Cc1ccc(N2Cc3ccc(N)cc3C2)c(Br)c1. The normalized spacial score (nSPS) is 13.2. The molecule has 94 valence electrons. The molecule has 0 unspecified atom stereocenters. The maximum Gasteiger partial charge on any atom is 0.0992 e. The summed E-state index contributed by atoms with van der Waals surface area (Å²) < 4.78 is 0.951. The largest absolute Gasteiger partial charge is 0.399 e. The van der Waals surface area contributed by atoms with Gasteiger partial charge in [0, 0.05) is 23.2 Å². The number of nitrogens with two attached hydrogens (primary N) is 1. The highest BCUT2D eigenvalue weighted by Gasteiger charge is 2.20. The molecule has 4 heteroatoms. The summed E-state index contributed by atoms with van der Waals surface area (Å²) in [5.74, 6) is 0. The van der Waals surface area contributed by atoms with E-state index in [4.69, 9.17) is 11.0 Å². The molecular formula is C15H12BrN3. The van der Waals surface area contributed by atoms with Gasteiger partial charge in [-0.1, -0.05) is 6.07 Å². The summed E-state index contributed by atoms with van der Waals surface area (Å²) >= 11 is 3.54. The van der Waals surface area contributed by atoms with Crippen LogP contribution in [0, 0.1) is 11.3 Å². The maximum atomic E-state index is 8.89. The van der Waals surface area contributed by atoms with Gasteiger partial charge in [0.05, 0.1) is 17.3 Å². The van der Waals surface area contributed by atoms with Crippen molar-refractivity contribution in [2.45, 2.75) is 13.1 Å². The molecule has 0 saturated heterocycles. The van der Waals surface area contributed by atoms with Crippen molar-refractivity contribution in [3.05, 3.63) is 57.6 Å². The van der Waals surface area contributed by atoms with E-state index < -0.39 is 0 Å². The molecule has 0 bridgehead atoms. The molecule has 0 aromatic heterocycles. The molecule has 0 aliphatic carbocycles. The van der Waals surface area contributed by atoms with Crippen LogP contribution in [0.1, 0.15) is 16.7 Å². The minimum atomic E-state index is 0.664. The predicted molar refractivity (Wildman–Crippen MR) is 79.6 cm³/mol. The highest BCUT2D eigenvalue weighted by Crippen LogP contribution is 2.34. The Kier molecular flexibility index (Phi) is 2.92. The fourth-order valence-electron chi connectivity index (χ4n) is 2.42. The molecule has 0 fully saturated rings. The summed E-state index contributed by atoms with van der Waals surface area (Å²) in [6.45, 7) is 1.73. The Balaban J connectivity index is 1.93. The van der Waals surface area contributed by atoms with Crippen LogP contribution < -0.4 is 10.6 Å². The number of nitrogen functional groups attached to an aromatic ring is 1. The van der Waals surface area contributed by atoms with Crippen LogP contribution in [0.2, 0.25) is 0 Å². The third kappa shape index (κ3) is 2.18. The summed E-state index contributed by atoms with van der Waals surface area (Å²) in [7, 11) is 0. The number of hydrogen-bond acceptors (Lipinski definition) is 3. The van der Waals surface area contributed by atoms with Crippen LogP contribution in [0.5, 0.6) is 0 Å². The zero-order valence-electron chi connectivity index (χ0n) is 10.2. The second-order valence-electron chi connectivity index (χ2n) is 4.66. The molecule has 0 amide bonds. The number of fused-ring (bicyclic) bond motifs is 1. The van der Waals surface area contributed by atoms with Crippen molar-refractivity contribution >= 4 is 27.3 Å². The minimum Gasteiger partial charge on any atom is -0.399 e. The Labute approximate surface area is 120 Å². The van der Waals surface area contributed by atoms with Crippen molar-refractivity contribution in [1.29, 1.82) is 5.26 Å². The van der Waals surface area contributed by atoms with Crippen LogP contribution >= 0.6 is 15.9 Å². The number of nitriles is 1. The molecule has 0 atom stereocenters. The van der Waals surface area contributed by atoms with Crippen LogP contribution in [-0.2, 0) is 13.1 Å². The molecule has 1 aliphatic rings. The smallest absolute Gasteiger partial charge is 0.0992 e. The average molecular weight is 314 g/mol. The molecule has 3 rings (SSSR count). The van der Waals surface area contributed by atoms with Crippen molar-refractivity contribution in [1.82, 2.24) is 0 Å². The Hall–Kier alpha value is -1.99. The first-order valence-corrected chi connectivity index (χ1v) is 6.78. The first-order chi connectivity index (χ1) is 9.17. The van der Waals surface area contributed by atoms with Gasteiger partial charge in [-0.25, -0.2) is 0 Å². The van der Waals surface area contributed by atoms with E-state index in [9.17, 15) is 0 Å². The predicted octanol–water partition coefficient (Wildman–Crippen LogP) is 3.42. The number of anilines is 2. The van der Waals surface area contributed by atoms with E-state index >= 15 is 0 Å². The Morgan fingerprint density at radius 3 is 2.63 bits per heavy atom. The fourth-order valence-corrected chi connectivity index (χ4v) is 3.05. The van der Waals surface area contributed by atoms with Crippen molar-refractivity contribution < 1.29 is 0 Å². The second-order valence-corrected chi connectivity index (χ2v) is 5.52. The average Bonchev–Trinajstić information content (AvgIpc) is 2.81. The van der Waals surface area contributed by atoms with E-state index in [0.717, 1.165) is 28.9 Å². The third-order valence-corrected chi connectivity index (χ3v) is 4.01. The van der Waals surface area contributed by atoms with E-state index in [2.05, 4.69) is 33.0 Å². The summed E-state index contributed by atoms with van der Waals surface area (Å²) in [5.41, 5.74) is 11.0. The van der Waals surface area contributed by atoms with E-state index in [1.165, 1.54) is 11.1 Å². The van der Waals surface area contributed by atoms with Gasteiger partial charge < -0.3 is 10.6 Å². The van der Waals surface area contributed by atoms with Crippen molar-refractivity contribution in [2.24, 2.45) is 0 Å². The van der Waals surface area contributed by atoms with Crippen LogP contribution in [-0.4, -0.2) is 0 Å². The highest BCUT2D eigenvalue weighted by atomic mass is 79.9.